The summed E-state index contributed by atoms with van der Waals surface area (Å²) in [5.41, 5.74) is 5.82. The lowest BCUT2D eigenvalue weighted by molar-refractivity contribution is -0.142. The van der Waals surface area contributed by atoms with E-state index in [1.165, 1.54) is 54.4 Å². The quantitative estimate of drug-likeness (QED) is 0.230. The summed E-state index contributed by atoms with van der Waals surface area (Å²) in [7, 11) is 0. The second kappa shape index (κ2) is 15.2. The van der Waals surface area contributed by atoms with Crippen LogP contribution in [0, 0.1) is 18.7 Å². The van der Waals surface area contributed by atoms with Crippen LogP contribution >= 0.6 is 11.3 Å². The Morgan fingerprint density at radius 1 is 1.00 bits per heavy atom. The van der Waals surface area contributed by atoms with E-state index in [9.17, 15) is 23.9 Å². The lowest BCUT2D eigenvalue weighted by Gasteiger charge is -2.43. The van der Waals surface area contributed by atoms with Gasteiger partial charge in [-0.05, 0) is 68.9 Å². The van der Waals surface area contributed by atoms with Gasteiger partial charge in [0.1, 0.15) is 22.8 Å². The van der Waals surface area contributed by atoms with Crippen molar-refractivity contribution in [1.82, 2.24) is 24.3 Å². The normalized spacial score (nSPS) is 20.8. The molecule has 2 aromatic carbocycles. The van der Waals surface area contributed by atoms with Crippen LogP contribution < -0.4 is 16.0 Å². The lowest BCUT2D eigenvalue weighted by Crippen LogP contribution is -2.53. The fourth-order valence-electron chi connectivity index (χ4n) is 7.91. The molecule has 2 saturated heterocycles. The van der Waals surface area contributed by atoms with Gasteiger partial charge in [0.05, 0.1) is 22.8 Å². The zero-order valence-corrected chi connectivity index (χ0v) is 30.2. The third kappa shape index (κ3) is 7.61. The first-order valence-electron chi connectivity index (χ1n) is 18.2. The molecule has 2 amide bonds. The third-order valence-electron chi connectivity index (χ3n) is 10.9. The van der Waals surface area contributed by atoms with E-state index in [0.29, 0.717) is 43.4 Å². The number of carbonyl (C=O) groups excluding carboxylic acids is 2. The van der Waals surface area contributed by atoms with Crippen LogP contribution in [0.5, 0.6) is 11.6 Å². The molecular formula is C39H45FN6O5S. The minimum atomic E-state index is -1.26. The number of nitrogens with zero attached hydrogens (tertiary/aromatic N) is 5. The minimum absolute atomic E-state index is 0.00709. The molecule has 1 saturated carbocycles. The Bertz CT molecular complexity index is 1950. The predicted molar refractivity (Wildman–Crippen MR) is 196 cm³/mol. The van der Waals surface area contributed by atoms with Crippen LogP contribution in [0.25, 0.3) is 0 Å². The average Bonchev–Trinajstić information content (AvgIpc) is 3.57. The maximum Gasteiger partial charge on any atom is 0.280 e. The summed E-state index contributed by atoms with van der Waals surface area (Å²) in [4.78, 5) is 54.7. The molecule has 4 heterocycles. The Hall–Kier alpha value is -4.62. The molecule has 0 spiro atoms. The summed E-state index contributed by atoms with van der Waals surface area (Å²) in [6, 6.07) is 15.2. The fourth-order valence-corrected chi connectivity index (χ4v) is 9.11. The molecule has 13 heteroatoms. The zero-order chi connectivity index (χ0) is 36.4. The number of hydrogen-bond donors (Lipinski definition) is 2. The Morgan fingerprint density at radius 2 is 1.71 bits per heavy atom. The molecule has 52 heavy (non-hydrogen) atoms. The molecule has 2 atom stereocenters. The first kappa shape index (κ1) is 35.8. The number of ether oxygens (including phenoxy) is 1. The maximum atomic E-state index is 14.2. The lowest BCUT2D eigenvalue weighted by atomic mass is 9.79. The maximum absolute atomic E-state index is 14.2. The summed E-state index contributed by atoms with van der Waals surface area (Å²) in [6.07, 6.45) is 8.28. The molecule has 3 fully saturated rings. The molecular weight excluding hydrogens is 684 g/mol. The monoisotopic (exact) mass is 728 g/mol. The van der Waals surface area contributed by atoms with Gasteiger partial charge in [-0.15, -0.1) is 11.3 Å². The number of aromatic nitrogens is 3. The highest BCUT2D eigenvalue weighted by Crippen LogP contribution is 2.39. The zero-order valence-electron chi connectivity index (χ0n) is 29.4. The minimum Gasteiger partial charge on any atom is -0.437 e. The number of benzene rings is 2. The standard InChI is InChI=1S/C39H45FN6O5S/c1-25-33(52-35(43-25)27-10-6-3-7-11-27)38(49)45-19-16-30(31(22-45)26-8-4-2-5-9-26)36(47)44-20-17-39(50,18-21-44)23-46-24-42-34(32(41)37(46)48)51-29-14-12-28(40)13-15-29/h2,4-5,8-9,12-15,24,27,30-31,50H,3,6-7,10-11,16-23,41H2,1H3/t30-,31+/m1/s1. The van der Waals surface area contributed by atoms with Gasteiger partial charge < -0.3 is 25.4 Å². The number of anilines is 1. The highest BCUT2D eigenvalue weighted by atomic mass is 32.1. The summed E-state index contributed by atoms with van der Waals surface area (Å²) >= 11 is 1.55. The van der Waals surface area contributed by atoms with Crippen molar-refractivity contribution >= 4 is 28.8 Å². The van der Waals surface area contributed by atoms with Gasteiger partial charge in [-0.1, -0.05) is 49.6 Å². The number of piperidine rings is 2. The van der Waals surface area contributed by atoms with Crippen molar-refractivity contribution in [3.05, 3.63) is 98.2 Å². The predicted octanol–water partition coefficient (Wildman–Crippen LogP) is 5.87. The summed E-state index contributed by atoms with van der Waals surface area (Å²) in [5.74, 6) is -0.311. The van der Waals surface area contributed by atoms with E-state index in [0.717, 1.165) is 29.1 Å². The molecule has 1 aliphatic carbocycles. The molecule has 7 rings (SSSR count). The van der Waals surface area contributed by atoms with E-state index >= 15 is 0 Å². The Kier molecular flexibility index (Phi) is 10.4. The summed E-state index contributed by atoms with van der Waals surface area (Å²) in [6.45, 7) is 3.44. The number of aryl methyl sites for hydroxylation is 1. The average molecular weight is 729 g/mol. The number of thiazole rings is 1. The number of likely N-dealkylation sites (tertiary alicyclic amines) is 2. The van der Waals surface area contributed by atoms with E-state index in [2.05, 4.69) is 4.98 Å². The Morgan fingerprint density at radius 3 is 2.42 bits per heavy atom. The molecule has 0 bridgehead atoms. The van der Waals surface area contributed by atoms with Crippen LogP contribution in [0.3, 0.4) is 0 Å². The van der Waals surface area contributed by atoms with Gasteiger partial charge >= 0.3 is 0 Å². The second-order valence-corrected chi connectivity index (χ2v) is 15.5. The molecule has 0 radical (unpaired) electrons. The van der Waals surface area contributed by atoms with Gasteiger partial charge in [-0.2, -0.15) is 0 Å². The van der Waals surface area contributed by atoms with Gasteiger partial charge in [0.15, 0.2) is 5.69 Å². The smallest absolute Gasteiger partial charge is 0.280 e. The summed E-state index contributed by atoms with van der Waals surface area (Å²) in [5, 5.41) is 12.6. The van der Waals surface area contributed by atoms with E-state index in [-0.39, 0.29) is 60.4 Å². The molecule has 4 aromatic rings. The number of aliphatic hydroxyl groups is 1. The molecule has 2 aromatic heterocycles. The van der Waals surface area contributed by atoms with Gasteiger partial charge in [-0.25, -0.2) is 14.4 Å². The van der Waals surface area contributed by atoms with E-state index in [1.807, 2.05) is 47.1 Å². The van der Waals surface area contributed by atoms with Crippen LogP contribution in [0.1, 0.15) is 89.1 Å². The van der Waals surface area contributed by atoms with Crippen molar-refractivity contribution in [3.63, 3.8) is 0 Å². The first-order chi connectivity index (χ1) is 25.1. The number of nitrogen functional groups attached to an aromatic ring is 1. The largest absolute Gasteiger partial charge is 0.437 e. The van der Waals surface area contributed by atoms with Crippen LogP contribution in [-0.4, -0.2) is 73.0 Å². The van der Waals surface area contributed by atoms with E-state index in [4.69, 9.17) is 15.5 Å². The number of amides is 2. The molecule has 3 N–H and O–H groups in total. The van der Waals surface area contributed by atoms with Crippen molar-refractivity contribution in [1.29, 1.82) is 0 Å². The number of nitrogens with two attached hydrogens (primary N) is 1. The third-order valence-corrected chi connectivity index (χ3v) is 12.2. The van der Waals surface area contributed by atoms with Gasteiger partial charge in [-0.3, -0.25) is 19.0 Å². The van der Waals surface area contributed by atoms with Crippen molar-refractivity contribution < 1.29 is 23.8 Å². The van der Waals surface area contributed by atoms with Gasteiger partial charge in [0, 0.05) is 43.9 Å². The number of rotatable bonds is 8. The van der Waals surface area contributed by atoms with Crippen molar-refractivity contribution in [3.8, 4) is 11.6 Å². The van der Waals surface area contributed by atoms with E-state index in [1.54, 1.807) is 11.3 Å². The van der Waals surface area contributed by atoms with E-state index < -0.39 is 17.0 Å². The van der Waals surface area contributed by atoms with Crippen molar-refractivity contribution in [2.24, 2.45) is 5.92 Å². The molecule has 3 aliphatic rings. The number of hydrogen-bond acceptors (Lipinski definition) is 9. The van der Waals surface area contributed by atoms with Crippen LogP contribution in [0.15, 0.2) is 65.7 Å². The highest BCUT2D eigenvalue weighted by molar-refractivity contribution is 7.13. The molecule has 11 nitrogen and oxygen atoms in total. The molecule has 0 unspecified atom stereocenters. The van der Waals surface area contributed by atoms with Crippen LogP contribution in [-0.2, 0) is 11.3 Å². The fraction of sp³-hybridized carbons (Fsp3) is 0.462. The van der Waals surface area contributed by atoms with Crippen LogP contribution in [0.4, 0.5) is 10.1 Å². The number of carbonyl (C=O) groups is 2. The van der Waals surface area contributed by atoms with Crippen LogP contribution in [0.2, 0.25) is 0 Å². The Labute approximate surface area is 306 Å². The summed E-state index contributed by atoms with van der Waals surface area (Å²) < 4.78 is 20.1. The van der Waals surface area contributed by atoms with Gasteiger partial charge in [0.25, 0.3) is 11.5 Å². The SMILES string of the molecule is Cc1nc(C2CCCCC2)sc1C(=O)N1CC[C@@H](C(=O)N2CCC(O)(Cn3cnc(Oc4ccc(F)cc4)c(N)c3=O)CC2)[C@H](c2ccccc2)C1. The highest BCUT2D eigenvalue weighted by Gasteiger charge is 2.42. The first-order valence-corrected chi connectivity index (χ1v) is 19.0. The topological polar surface area (TPSA) is 144 Å². The van der Waals surface area contributed by atoms with Crippen molar-refractivity contribution in [2.75, 3.05) is 31.9 Å². The second-order valence-electron chi connectivity index (χ2n) is 14.5. The number of halogens is 1. The molecule has 274 valence electrons. The Balaban J connectivity index is 1.01. The van der Waals surface area contributed by atoms with Crippen molar-refractivity contribution in [2.45, 2.75) is 82.3 Å². The van der Waals surface area contributed by atoms with Gasteiger partial charge in [0.2, 0.25) is 11.8 Å². The molecule has 2 aliphatic heterocycles.